The lowest BCUT2D eigenvalue weighted by molar-refractivity contribution is -0.870. The Balaban J connectivity index is 3.64. The molecule has 0 saturated carbocycles. The van der Waals surface area contributed by atoms with Crippen LogP contribution in [0.5, 0.6) is 0 Å². The molecule has 0 aliphatic rings. The van der Waals surface area contributed by atoms with E-state index < -0.39 is 5.69 Å². The molecule has 0 aromatic carbocycles. The van der Waals surface area contributed by atoms with Crippen LogP contribution < -0.4 is 0 Å². The molecule has 0 radical (unpaired) electrons. The Morgan fingerprint density at radius 2 is 1.65 bits per heavy atom. The summed E-state index contributed by atoms with van der Waals surface area (Å²) in [5.41, 5.74) is -2.55. The van der Waals surface area contributed by atoms with Gasteiger partial charge in [0.2, 0.25) is 5.69 Å². The van der Waals surface area contributed by atoms with Crippen LogP contribution in [0, 0.1) is 0 Å². The summed E-state index contributed by atoms with van der Waals surface area (Å²) < 4.78 is 16.9. The van der Waals surface area contributed by atoms with Gasteiger partial charge in [-0.3, -0.25) is 4.79 Å². The van der Waals surface area contributed by atoms with E-state index in [1.807, 2.05) is 0 Å². The first-order valence-corrected chi connectivity index (χ1v) is 12.0. The van der Waals surface area contributed by atoms with Gasteiger partial charge >= 0.3 is 5.97 Å². The summed E-state index contributed by atoms with van der Waals surface area (Å²) in [4.78, 5) is 11.5. The van der Waals surface area contributed by atoms with Gasteiger partial charge in [0, 0.05) is 6.42 Å². The Bertz CT molecular complexity index is 375. The molecule has 1 atom stereocenters. The summed E-state index contributed by atoms with van der Waals surface area (Å²) in [6, 6.07) is 0. The van der Waals surface area contributed by atoms with E-state index in [1.54, 1.807) is 0 Å². The van der Waals surface area contributed by atoms with E-state index in [9.17, 15) is 4.79 Å². The second-order valence-electron chi connectivity index (χ2n) is 6.53. The SMILES string of the molecule is CCCCCCCC(=O)OCCOP(=S)(S)OCC[N+](C)(C)C. The van der Waals surface area contributed by atoms with Crippen LogP contribution in [-0.4, -0.2) is 58.0 Å². The number of ether oxygens (including phenoxy) is 1. The number of carbonyl (C=O) groups excluding carboxylic acids is 1. The molecule has 0 amide bonds. The highest BCUT2D eigenvalue weighted by Crippen LogP contribution is 2.53. The number of quaternary nitrogens is 1. The number of thiol groups is 1. The molecule has 138 valence electrons. The van der Waals surface area contributed by atoms with Crippen molar-refractivity contribution in [3.8, 4) is 0 Å². The number of likely N-dealkylation sites (N-methyl/N-ethyl adjacent to an activating group) is 1. The molecule has 0 bridgehead atoms. The van der Waals surface area contributed by atoms with Crippen LogP contribution >= 0.6 is 17.9 Å². The normalized spacial score (nSPS) is 14.5. The fourth-order valence-electron chi connectivity index (χ4n) is 1.72. The van der Waals surface area contributed by atoms with E-state index in [0.29, 0.717) is 13.0 Å². The zero-order valence-electron chi connectivity index (χ0n) is 15.0. The first-order valence-electron chi connectivity index (χ1n) is 8.24. The number of carbonyl (C=O) groups is 1. The standard InChI is InChI=1S/C15H32NO4PS2/c1-5-6-7-8-9-10-15(17)18-13-14-20-21(22,23)19-12-11-16(2,3)4/h5-14H2,1-4H3/p+1. The van der Waals surface area contributed by atoms with Crippen molar-refractivity contribution < 1.29 is 23.1 Å². The quantitative estimate of drug-likeness (QED) is 0.162. The van der Waals surface area contributed by atoms with Crippen molar-refractivity contribution in [3.05, 3.63) is 0 Å². The van der Waals surface area contributed by atoms with Crippen molar-refractivity contribution in [2.75, 3.05) is 47.5 Å². The van der Waals surface area contributed by atoms with Crippen LogP contribution in [0.25, 0.3) is 0 Å². The van der Waals surface area contributed by atoms with Crippen molar-refractivity contribution >= 4 is 35.7 Å². The third-order valence-electron chi connectivity index (χ3n) is 3.10. The molecule has 1 unspecified atom stereocenters. The van der Waals surface area contributed by atoms with Gasteiger partial charge in [0.15, 0.2) is 0 Å². The Morgan fingerprint density at radius 1 is 1.04 bits per heavy atom. The number of hydrogen-bond donors (Lipinski definition) is 1. The highest BCUT2D eigenvalue weighted by Gasteiger charge is 2.16. The maximum absolute atomic E-state index is 11.5. The Hall–Kier alpha value is 0.350. The zero-order chi connectivity index (χ0) is 17.8. The summed E-state index contributed by atoms with van der Waals surface area (Å²) in [5, 5.41) is 0. The Kier molecular flexibility index (Phi) is 12.9. The smallest absolute Gasteiger partial charge is 0.305 e. The molecule has 0 heterocycles. The molecule has 0 aliphatic carbocycles. The number of esters is 1. The lowest BCUT2D eigenvalue weighted by Gasteiger charge is -2.25. The third kappa shape index (κ3) is 17.0. The molecule has 0 aromatic heterocycles. The van der Waals surface area contributed by atoms with Gasteiger partial charge < -0.3 is 18.3 Å². The molecular formula is C15H33NO4PS2+. The first-order chi connectivity index (χ1) is 10.7. The molecule has 0 fully saturated rings. The fourth-order valence-corrected chi connectivity index (χ4v) is 3.35. The maximum atomic E-state index is 11.5. The first kappa shape index (κ1) is 23.4. The predicted molar refractivity (Wildman–Crippen MR) is 102 cm³/mol. The molecule has 0 spiro atoms. The van der Waals surface area contributed by atoms with Crippen LogP contribution in [0.4, 0.5) is 0 Å². The summed E-state index contributed by atoms with van der Waals surface area (Å²) in [6.07, 6.45) is 6.05. The molecule has 0 N–H and O–H groups in total. The molecule has 0 aromatic rings. The number of hydrogen-bond acceptors (Lipinski definition) is 5. The monoisotopic (exact) mass is 386 g/mol. The second kappa shape index (κ2) is 12.7. The highest BCUT2D eigenvalue weighted by atomic mass is 32.9. The summed E-state index contributed by atoms with van der Waals surface area (Å²) >= 11 is 9.47. The van der Waals surface area contributed by atoms with E-state index in [0.717, 1.165) is 23.9 Å². The average Bonchev–Trinajstić information content (AvgIpc) is 2.42. The maximum Gasteiger partial charge on any atom is 0.305 e. The topological polar surface area (TPSA) is 44.8 Å². The van der Waals surface area contributed by atoms with Crippen LogP contribution in [0.2, 0.25) is 0 Å². The molecule has 8 heteroatoms. The van der Waals surface area contributed by atoms with Gasteiger partial charge in [0.25, 0.3) is 0 Å². The van der Waals surface area contributed by atoms with E-state index in [1.165, 1.54) is 19.3 Å². The molecule has 0 saturated heterocycles. The van der Waals surface area contributed by atoms with Crippen molar-refractivity contribution in [2.45, 2.75) is 45.4 Å². The molecular weight excluding hydrogens is 353 g/mol. The minimum atomic E-state index is -2.55. The van der Waals surface area contributed by atoms with Gasteiger partial charge in [-0.25, -0.2) is 0 Å². The van der Waals surface area contributed by atoms with Gasteiger partial charge in [-0.05, 0) is 18.2 Å². The summed E-state index contributed by atoms with van der Waals surface area (Å²) in [7, 11) is 6.23. The molecule has 0 rings (SSSR count). The van der Waals surface area contributed by atoms with Gasteiger partial charge in [-0.1, -0.05) is 44.9 Å². The average molecular weight is 387 g/mol. The largest absolute Gasteiger partial charge is 0.463 e. The number of rotatable bonds is 14. The molecule has 5 nitrogen and oxygen atoms in total. The van der Waals surface area contributed by atoms with Crippen LogP contribution in [0.15, 0.2) is 0 Å². The van der Waals surface area contributed by atoms with E-state index in [-0.39, 0.29) is 19.2 Å². The summed E-state index contributed by atoms with van der Waals surface area (Å²) in [5.74, 6) is -0.177. The van der Waals surface area contributed by atoms with Gasteiger partial charge in [-0.2, -0.15) is 0 Å². The van der Waals surface area contributed by atoms with E-state index in [2.05, 4.69) is 40.3 Å². The van der Waals surface area contributed by atoms with Crippen LogP contribution in [-0.2, 0) is 30.4 Å². The zero-order valence-corrected chi connectivity index (χ0v) is 17.6. The van der Waals surface area contributed by atoms with E-state index >= 15 is 0 Å². The van der Waals surface area contributed by atoms with Crippen molar-refractivity contribution in [3.63, 3.8) is 0 Å². The second-order valence-corrected chi connectivity index (χ2v) is 11.8. The Labute approximate surface area is 152 Å². The molecule has 23 heavy (non-hydrogen) atoms. The van der Waals surface area contributed by atoms with E-state index in [4.69, 9.17) is 25.6 Å². The number of nitrogens with zero attached hydrogens (tertiary/aromatic N) is 1. The Morgan fingerprint density at radius 3 is 2.26 bits per heavy atom. The van der Waals surface area contributed by atoms with Crippen molar-refractivity contribution in [1.29, 1.82) is 0 Å². The van der Waals surface area contributed by atoms with Gasteiger partial charge in [0.05, 0.1) is 27.7 Å². The van der Waals surface area contributed by atoms with Gasteiger partial charge in [-0.15, -0.1) is 0 Å². The van der Waals surface area contributed by atoms with Crippen LogP contribution in [0.1, 0.15) is 45.4 Å². The minimum Gasteiger partial charge on any atom is -0.463 e. The van der Waals surface area contributed by atoms with Crippen LogP contribution in [0.3, 0.4) is 0 Å². The summed E-state index contributed by atoms with van der Waals surface area (Å²) in [6.45, 7) is 3.93. The van der Waals surface area contributed by atoms with Crippen molar-refractivity contribution in [2.24, 2.45) is 0 Å². The highest BCUT2D eigenvalue weighted by molar-refractivity contribution is 8.60. The fraction of sp³-hybridized carbons (Fsp3) is 0.933. The lowest BCUT2D eigenvalue weighted by atomic mass is 10.1. The third-order valence-corrected chi connectivity index (χ3v) is 5.44. The number of unbranched alkanes of at least 4 members (excludes halogenated alkanes) is 4. The molecule has 0 aliphatic heterocycles. The van der Waals surface area contributed by atoms with Crippen molar-refractivity contribution in [1.82, 2.24) is 0 Å². The minimum absolute atomic E-state index is 0.177. The van der Waals surface area contributed by atoms with Gasteiger partial charge in [0.1, 0.15) is 19.8 Å². The lowest BCUT2D eigenvalue weighted by Crippen LogP contribution is -2.37. The predicted octanol–water partition coefficient (Wildman–Crippen LogP) is 3.78.